The van der Waals surface area contributed by atoms with Gasteiger partial charge in [0.15, 0.2) is 0 Å². The first-order valence-corrected chi connectivity index (χ1v) is 6.14. The van der Waals surface area contributed by atoms with E-state index in [-0.39, 0.29) is 12.1 Å². The van der Waals surface area contributed by atoms with Gasteiger partial charge in [-0.2, -0.15) is 4.98 Å². The standard InChI is InChI=1S/C14H17N3O2/c1-10(2)18-13-7-8-16-14(17-13)19-12-5-3-11(9-15)4-6-12/h3-8,10H,9,15H2,1-2H3. The normalized spacial score (nSPS) is 10.5. The van der Waals surface area contributed by atoms with Gasteiger partial charge in [0.2, 0.25) is 5.88 Å². The molecule has 1 aromatic carbocycles. The van der Waals surface area contributed by atoms with Crippen molar-refractivity contribution in [3.05, 3.63) is 42.1 Å². The third kappa shape index (κ3) is 3.93. The molecular weight excluding hydrogens is 242 g/mol. The zero-order valence-electron chi connectivity index (χ0n) is 11.0. The second kappa shape index (κ2) is 6.15. The zero-order valence-corrected chi connectivity index (χ0v) is 11.0. The largest absolute Gasteiger partial charge is 0.475 e. The van der Waals surface area contributed by atoms with Gasteiger partial charge in [-0.25, -0.2) is 4.98 Å². The second-order valence-electron chi connectivity index (χ2n) is 4.29. The summed E-state index contributed by atoms with van der Waals surface area (Å²) in [6.07, 6.45) is 1.67. The summed E-state index contributed by atoms with van der Waals surface area (Å²) >= 11 is 0. The van der Waals surface area contributed by atoms with Crippen LogP contribution in [0.3, 0.4) is 0 Å². The summed E-state index contributed by atoms with van der Waals surface area (Å²) in [4.78, 5) is 8.22. The molecule has 100 valence electrons. The van der Waals surface area contributed by atoms with Gasteiger partial charge >= 0.3 is 6.01 Å². The minimum atomic E-state index is 0.0617. The Morgan fingerprint density at radius 1 is 1.16 bits per heavy atom. The van der Waals surface area contributed by atoms with Crippen molar-refractivity contribution in [2.45, 2.75) is 26.5 Å². The van der Waals surface area contributed by atoms with E-state index in [1.54, 1.807) is 12.3 Å². The van der Waals surface area contributed by atoms with Gasteiger partial charge in [0, 0.05) is 18.8 Å². The van der Waals surface area contributed by atoms with Crippen molar-refractivity contribution >= 4 is 0 Å². The van der Waals surface area contributed by atoms with E-state index < -0.39 is 0 Å². The van der Waals surface area contributed by atoms with Crippen molar-refractivity contribution in [1.29, 1.82) is 0 Å². The van der Waals surface area contributed by atoms with Crippen LogP contribution in [0.1, 0.15) is 19.4 Å². The molecule has 0 spiro atoms. The van der Waals surface area contributed by atoms with Gasteiger partial charge in [-0.1, -0.05) is 12.1 Å². The van der Waals surface area contributed by atoms with Crippen LogP contribution in [0.5, 0.6) is 17.6 Å². The number of aromatic nitrogens is 2. The number of hydrogen-bond acceptors (Lipinski definition) is 5. The molecular formula is C14H17N3O2. The van der Waals surface area contributed by atoms with Gasteiger partial charge in [0.1, 0.15) is 5.75 Å². The van der Waals surface area contributed by atoms with Crippen LogP contribution in [-0.4, -0.2) is 16.1 Å². The van der Waals surface area contributed by atoms with Crippen LogP contribution < -0.4 is 15.2 Å². The summed E-state index contributed by atoms with van der Waals surface area (Å²) in [5.74, 6) is 1.16. The summed E-state index contributed by atoms with van der Waals surface area (Å²) in [7, 11) is 0. The Balaban J connectivity index is 2.09. The first-order chi connectivity index (χ1) is 9.17. The molecule has 0 atom stereocenters. The molecule has 5 heteroatoms. The Morgan fingerprint density at radius 2 is 1.89 bits per heavy atom. The lowest BCUT2D eigenvalue weighted by Crippen LogP contribution is -2.07. The molecule has 0 bridgehead atoms. The van der Waals surface area contributed by atoms with E-state index in [4.69, 9.17) is 15.2 Å². The quantitative estimate of drug-likeness (QED) is 0.893. The van der Waals surface area contributed by atoms with Crippen molar-refractivity contribution < 1.29 is 9.47 Å². The molecule has 2 aromatic rings. The second-order valence-corrected chi connectivity index (χ2v) is 4.29. The summed E-state index contributed by atoms with van der Waals surface area (Å²) in [5, 5.41) is 0. The van der Waals surface area contributed by atoms with Gasteiger partial charge in [-0.15, -0.1) is 0 Å². The Kier molecular flexibility index (Phi) is 4.30. The highest BCUT2D eigenvalue weighted by molar-refractivity contribution is 5.29. The Hall–Kier alpha value is -2.14. The topological polar surface area (TPSA) is 70.3 Å². The SMILES string of the molecule is CC(C)Oc1ccnc(Oc2ccc(CN)cc2)n1. The molecule has 0 aliphatic rings. The molecule has 0 saturated carbocycles. The third-order valence-electron chi connectivity index (χ3n) is 2.33. The Bertz CT molecular complexity index is 526. The van der Waals surface area contributed by atoms with E-state index in [0.29, 0.717) is 18.2 Å². The number of benzene rings is 1. The van der Waals surface area contributed by atoms with E-state index >= 15 is 0 Å². The van der Waals surface area contributed by atoms with Crippen molar-refractivity contribution in [1.82, 2.24) is 9.97 Å². The molecule has 0 unspecified atom stereocenters. The molecule has 0 amide bonds. The number of hydrogen-bond donors (Lipinski definition) is 1. The molecule has 0 saturated heterocycles. The van der Waals surface area contributed by atoms with Gasteiger partial charge in [-0.3, -0.25) is 0 Å². The fraction of sp³-hybridized carbons (Fsp3) is 0.286. The van der Waals surface area contributed by atoms with Gasteiger partial charge in [0.25, 0.3) is 0 Å². The number of rotatable bonds is 5. The maximum absolute atomic E-state index is 5.56. The molecule has 5 nitrogen and oxygen atoms in total. The smallest absolute Gasteiger partial charge is 0.325 e. The average molecular weight is 259 g/mol. The lowest BCUT2D eigenvalue weighted by Gasteiger charge is -2.09. The number of nitrogens with two attached hydrogens (primary N) is 1. The molecule has 0 fully saturated rings. The van der Waals surface area contributed by atoms with E-state index in [0.717, 1.165) is 5.56 Å². The third-order valence-corrected chi connectivity index (χ3v) is 2.33. The van der Waals surface area contributed by atoms with Crippen LogP contribution >= 0.6 is 0 Å². The number of ether oxygens (including phenoxy) is 2. The monoisotopic (exact) mass is 259 g/mol. The number of nitrogens with zero attached hydrogens (tertiary/aromatic N) is 2. The molecule has 1 heterocycles. The molecule has 1 aromatic heterocycles. The minimum Gasteiger partial charge on any atom is -0.475 e. The summed E-state index contributed by atoms with van der Waals surface area (Å²) in [5.41, 5.74) is 6.58. The van der Waals surface area contributed by atoms with Crippen LogP contribution in [0.15, 0.2) is 36.5 Å². The highest BCUT2D eigenvalue weighted by Gasteiger charge is 2.04. The van der Waals surface area contributed by atoms with Crippen molar-refractivity contribution in [2.24, 2.45) is 5.73 Å². The van der Waals surface area contributed by atoms with E-state index in [9.17, 15) is 0 Å². The van der Waals surface area contributed by atoms with Crippen molar-refractivity contribution in [2.75, 3.05) is 0 Å². The fourth-order valence-electron chi connectivity index (χ4n) is 1.48. The first kappa shape index (κ1) is 13.3. The molecule has 2 N–H and O–H groups in total. The minimum absolute atomic E-state index is 0.0617. The van der Waals surface area contributed by atoms with Gasteiger partial charge in [-0.05, 0) is 31.5 Å². The Morgan fingerprint density at radius 3 is 2.53 bits per heavy atom. The highest BCUT2D eigenvalue weighted by atomic mass is 16.5. The van der Waals surface area contributed by atoms with Crippen LogP contribution in [0.4, 0.5) is 0 Å². The fourth-order valence-corrected chi connectivity index (χ4v) is 1.48. The maximum Gasteiger partial charge on any atom is 0.325 e. The van der Waals surface area contributed by atoms with Crippen LogP contribution in [0.2, 0.25) is 0 Å². The summed E-state index contributed by atoms with van der Waals surface area (Å²) in [6, 6.07) is 9.44. The van der Waals surface area contributed by atoms with Crippen LogP contribution in [0, 0.1) is 0 Å². The first-order valence-electron chi connectivity index (χ1n) is 6.14. The average Bonchev–Trinajstić information content (AvgIpc) is 2.39. The van der Waals surface area contributed by atoms with Crippen LogP contribution in [0.25, 0.3) is 0 Å². The zero-order chi connectivity index (χ0) is 13.7. The maximum atomic E-state index is 5.56. The molecule has 0 radical (unpaired) electrons. The van der Waals surface area contributed by atoms with Crippen LogP contribution in [-0.2, 0) is 6.54 Å². The Labute approximate surface area is 112 Å². The van der Waals surface area contributed by atoms with Gasteiger partial charge in [0.05, 0.1) is 6.10 Å². The summed E-state index contributed by atoms with van der Waals surface area (Å²) in [6.45, 7) is 4.39. The summed E-state index contributed by atoms with van der Waals surface area (Å²) < 4.78 is 11.0. The van der Waals surface area contributed by atoms with E-state index in [1.165, 1.54) is 0 Å². The van der Waals surface area contributed by atoms with E-state index in [1.807, 2.05) is 38.1 Å². The molecule has 0 aliphatic heterocycles. The molecule has 2 rings (SSSR count). The lowest BCUT2D eigenvalue weighted by atomic mass is 10.2. The predicted molar refractivity (Wildman–Crippen MR) is 72.2 cm³/mol. The lowest BCUT2D eigenvalue weighted by molar-refractivity contribution is 0.229. The predicted octanol–water partition coefficient (Wildman–Crippen LogP) is 2.51. The van der Waals surface area contributed by atoms with Crippen molar-refractivity contribution in [3.63, 3.8) is 0 Å². The van der Waals surface area contributed by atoms with Crippen molar-refractivity contribution in [3.8, 4) is 17.6 Å². The van der Waals surface area contributed by atoms with E-state index in [2.05, 4.69) is 9.97 Å². The molecule has 19 heavy (non-hydrogen) atoms. The van der Waals surface area contributed by atoms with Gasteiger partial charge < -0.3 is 15.2 Å². The molecule has 0 aliphatic carbocycles. The highest BCUT2D eigenvalue weighted by Crippen LogP contribution is 2.20.